The van der Waals surface area contributed by atoms with Crippen LogP contribution >= 0.6 is 0 Å². The summed E-state index contributed by atoms with van der Waals surface area (Å²) >= 11 is 0. The Morgan fingerprint density at radius 2 is 1.78 bits per heavy atom. The second-order valence-electron chi connectivity index (χ2n) is 7.84. The van der Waals surface area contributed by atoms with E-state index in [2.05, 4.69) is 15.5 Å². The van der Waals surface area contributed by atoms with Gasteiger partial charge in [0.2, 0.25) is 5.91 Å². The molecular weight excluding hydrogens is 340 g/mol. The fraction of sp³-hybridized carbons (Fsp3) is 0.619. The Kier molecular flexibility index (Phi) is 7.24. The van der Waals surface area contributed by atoms with Crippen LogP contribution in [-0.4, -0.2) is 48.9 Å². The molecule has 1 aromatic rings. The van der Waals surface area contributed by atoms with Gasteiger partial charge in [-0.25, -0.2) is 0 Å². The van der Waals surface area contributed by atoms with Crippen molar-refractivity contribution in [2.24, 2.45) is 11.7 Å². The molecule has 4 N–H and O–H groups in total. The van der Waals surface area contributed by atoms with Crippen molar-refractivity contribution in [1.82, 2.24) is 15.5 Å². The third-order valence-corrected chi connectivity index (χ3v) is 5.68. The van der Waals surface area contributed by atoms with Crippen LogP contribution in [0.5, 0.6) is 0 Å². The van der Waals surface area contributed by atoms with Crippen LogP contribution in [0.15, 0.2) is 24.3 Å². The molecule has 0 aromatic heterocycles. The van der Waals surface area contributed by atoms with Crippen molar-refractivity contribution in [3.05, 3.63) is 35.4 Å². The summed E-state index contributed by atoms with van der Waals surface area (Å²) in [5, 5.41) is 5.98. The van der Waals surface area contributed by atoms with E-state index in [0.717, 1.165) is 50.9 Å². The summed E-state index contributed by atoms with van der Waals surface area (Å²) in [5.41, 5.74) is 7.62. The minimum absolute atomic E-state index is 0.0365. The maximum Gasteiger partial charge on any atom is 0.251 e. The third-order valence-electron chi connectivity index (χ3n) is 5.68. The van der Waals surface area contributed by atoms with Gasteiger partial charge < -0.3 is 21.3 Å². The Labute approximate surface area is 161 Å². The summed E-state index contributed by atoms with van der Waals surface area (Å²) in [6, 6.07) is 7.61. The number of nitrogens with one attached hydrogen (secondary N) is 2. The predicted octanol–water partition coefficient (Wildman–Crippen LogP) is 1.65. The molecule has 0 bridgehead atoms. The van der Waals surface area contributed by atoms with Gasteiger partial charge in [-0.3, -0.25) is 9.59 Å². The van der Waals surface area contributed by atoms with E-state index in [-0.39, 0.29) is 23.8 Å². The van der Waals surface area contributed by atoms with Crippen molar-refractivity contribution in [2.75, 3.05) is 26.2 Å². The molecule has 0 radical (unpaired) electrons. The summed E-state index contributed by atoms with van der Waals surface area (Å²) in [6.45, 7) is 4.37. The summed E-state index contributed by atoms with van der Waals surface area (Å²) in [5.74, 6) is 0.0873. The predicted molar refractivity (Wildman–Crippen MR) is 106 cm³/mol. The zero-order chi connectivity index (χ0) is 19.1. The van der Waals surface area contributed by atoms with E-state index >= 15 is 0 Å². The number of hydrogen-bond donors (Lipinski definition) is 3. The van der Waals surface area contributed by atoms with Crippen molar-refractivity contribution in [3.8, 4) is 0 Å². The Balaban J connectivity index is 1.39. The number of carbonyl (C=O) groups excluding carboxylic acids is 2. The maximum absolute atomic E-state index is 12.3. The van der Waals surface area contributed by atoms with Crippen LogP contribution in [0.25, 0.3) is 0 Å². The van der Waals surface area contributed by atoms with Gasteiger partial charge in [0.25, 0.3) is 5.91 Å². The topological polar surface area (TPSA) is 87.5 Å². The first-order chi connectivity index (χ1) is 13.1. The molecule has 1 saturated carbocycles. The molecule has 3 rings (SSSR count). The Bertz CT molecular complexity index is 626. The van der Waals surface area contributed by atoms with Crippen LogP contribution in [-0.2, 0) is 11.3 Å². The molecule has 2 aliphatic rings. The van der Waals surface area contributed by atoms with Crippen LogP contribution in [0.4, 0.5) is 0 Å². The molecule has 1 aromatic carbocycles. The summed E-state index contributed by atoms with van der Waals surface area (Å²) in [6.07, 6.45) is 6.28. The van der Waals surface area contributed by atoms with Crippen molar-refractivity contribution < 1.29 is 9.59 Å². The average Bonchev–Trinajstić information content (AvgIpc) is 3.20. The van der Waals surface area contributed by atoms with Crippen LogP contribution in [0.1, 0.15) is 54.4 Å². The lowest BCUT2D eigenvalue weighted by atomic mass is 9.85. The summed E-state index contributed by atoms with van der Waals surface area (Å²) < 4.78 is 0. The SMILES string of the molecule is NC1CCCC(C(=O)NCc2ccc(C(=O)NCCN3CCCC3)cc2)C1. The largest absolute Gasteiger partial charge is 0.352 e. The standard InChI is InChI=1S/C21H32N4O2/c22-19-5-3-4-18(14-19)21(27)24-15-16-6-8-17(9-7-16)20(26)23-10-13-25-11-1-2-12-25/h6-9,18-19H,1-5,10-15,22H2,(H,23,26)(H,24,27). The smallest absolute Gasteiger partial charge is 0.251 e. The Hall–Kier alpha value is -1.92. The van der Waals surface area contributed by atoms with Crippen LogP contribution in [0, 0.1) is 5.92 Å². The van der Waals surface area contributed by atoms with E-state index < -0.39 is 0 Å². The molecule has 0 spiro atoms. The number of carbonyl (C=O) groups is 2. The van der Waals surface area contributed by atoms with E-state index in [1.807, 2.05) is 24.3 Å². The van der Waals surface area contributed by atoms with E-state index in [1.165, 1.54) is 12.8 Å². The number of rotatable bonds is 7. The molecule has 6 nitrogen and oxygen atoms in total. The van der Waals surface area contributed by atoms with Crippen molar-refractivity contribution in [1.29, 1.82) is 0 Å². The molecule has 1 heterocycles. The van der Waals surface area contributed by atoms with E-state index in [9.17, 15) is 9.59 Å². The van der Waals surface area contributed by atoms with E-state index in [4.69, 9.17) is 5.73 Å². The molecule has 2 unspecified atom stereocenters. The number of amides is 2. The Morgan fingerprint density at radius 3 is 2.48 bits per heavy atom. The highest BCUT2D eigenvalue weighted by molar-refractivity contribution is 5.94. The molecule has 1 saturated heterocycles. The van der Waals surface area contributed by atoms with Gasteiger partial charge in [-0.2, -0.15) is 0 Å². The average molecular weight is 373 g/mol. The Morgan fingerprint density at radius 1 is 1.04 bits per heavy atom. The highest BCUT2D eigenvalue weighted by Crippen LogP contribution is 2.23. The van der Waals surface area contributed by atoms with Gasteiger partial charge in [0.05, 0.1) is 0 Å². The van der Waals surface area contributed by atoms with Crippen LogP contribution in [0.3, 0.4) is 0 Å². The summed E-state index contributed by atoms with van der Waals surface area (Å²) in [4.78, 5) is 26.9. The molecule has 148 valence electrons. The number of benzene rings is 1. The van der Waals surface area contributed by atoms with E-state index in [1.54, 1.807) is 0 Å². The number of likely N-dealkylation sites (tertiary alicyclic amines) is 1. The van der Waals surface area contributed by atoms with Crippen LogP contribution < -0.4 is 16.4 Å². The van der Waals surface area contributed by atoms with Crippen LogP contribution in [0.2, 0.25) is 0 Å². The monoisotopic (exact) mass is 372 g/mol. The molecule has 1 aliphatic carbocycles. The molecule has 6 heteroatoms. The number of nitrogens with zero attached hydrogens (tertiary/aromatic N) is 1. The first kappa shape index (κ1) is 19.8. The van der Waals surface area contributed by atoms with Gasteiger partial charge in [-0.15, -0.1) is 0 Å². The minimum Gasteiger partial charge on any atom is -0.352 e. The zero-order valence-corrected chi connectivity index (χ0v) is 16.1. The lowest BCUT2D eigenvalue weighted by molar-refractivity contribution is -0.126. The molecule has 2 amide bonds. The lowest BCUT2D eigenvalue weighted by Crippen LogP contribution is -2.37. The summed E-state index contributed by atoms with van der Waals surface area (Å²) in [7, 11) is 0. The highest BCUT2D eigenvalue weighted by Gasteiger charge is 2.24. The third kappa shape index (κ3) is 6.04. The maximum atomic E-state index is 12.3. The molecule has 2 atom stereocenters. The molecular formula is C21H32N4O2. The normalized spacial score (nSPS) is 23.1. The van der Waals surface area contributed by atoms with Gasteiger partial charge in [-0.1, -0.05) is 18.6 Å². The number of nitrogens with two attached hydrogens (primary N) is 1. The second-order valence-corrected chi connectivity index (χ2v) is 7.84. The van der Waals surface area contributed by atoms with Gasteiger partial charge >= 0.3 is 0 Å². The van der Waals surface area contributed by atoms with Gasteiger partial charge in [0.1, 0.15) is 0 Å². The first-order valence-corrected chi connectivity index (χ1v) is 10.2. The molecule has 1 aliphatic heterocycles. The highest BCUT2D eigenvalue weighted by atomic mass is 16.2. The molecule has 2 fully saturated rings. The van der Waals surface area contributed by atoms with Gasteiger partial charge in [-0.05, 0) is 62.9 Å². The molecule has 27 heavy (non-hydrogen) atoms. The quantitative estimate of drug-likeness (QED) is 0.679. The van der Waals surface area contributed by atoms with Gasteiger partial charge in [0.15, 0.2) is 0 Å². The van der Waals surface area contributed by atoms with Crippen molar-refractivity contribution in [3.63, 3.8) is 0 Å². The van der Waals surface area contributed by atoms with Gasteiger partial charge in [0, 0.05) is 37.2 Å². The lowest BCUT2D eigenvalue weighted by Gasteiger charge is -2.25. The zero-order valence-electron chi connectivity index (χ0n) is 16.1. The van der Waals surface area contributed by atoms with Crippen molar-refractivity contribution in [2.45, 2.75) is 51.1 Å². The van der Waals surface area contributed by atoms with E-state index in [0.29, 0.717) is 18.7 Å². The second kappa shape index (κ2) is 9.85. The first-order valence-electron chi connectivity index (χ1n) is 10.2. The fourth-order valence-corrected chi connectivity index (χ4v) is 4.01. The minimum atomic E-state index is -0.0408. The number of hydrogen-bond acceptors (Lipinski definition) is 4. The van der Waals surface area contributed by atoms with Crippen molar-refractivity contribution >= 4 is 11.8 Å². The fourth-order valence-electron chi connectivity index (χ4n) is 4.01.